The number of halogens is 1. The van der Waals surface area contributed by atoms with E-state index in [1.165, 1.54) is 0 Å². The number of nitrogen functional groups attached to an aromatic ring is 1. The lowest BCUT2D eigenvalue weighted by Gasteiger charge is -2.11. The zero-order chi connectivity index (χ0) is 15.4. The molecular weight excluding hydrogens is 288 g/mol. The molecule has 112 valence electrons. The van der Waals surface area contributed by atoms with Crippen LogP contribution in [0.2, 0.25) is 5.02 Å². The van der Waals surface area contributed by atoms with Crippen LogP contribution in [-0.4, -0.2) is 15.6 Å². The fourth-order valence-electron chi connectivity index (χ4n) is 1.92. The normalized spacial score (nSPS) is 12.1. The summed E-state index contributed by atoms with van der Waals surface area (Å²) in [5.41, 5.74) is 6.79. The number of hydrogen-bond acceptors (Lipinski definition) is 3. The molecule has 2 aromatic rings. The maximum absolute atomic E-state index is 7.58. The second-order valence-electron chi connectivity index (χ2n) is 4.86. The molecule has 5 nitrogen and oxygen atoms in total. The van der Waals surface area contributed by atoms with Gasteiger partial charge in [0.25, 0.3) is 0 Å². The first-order valence-electron chi connectivity index (χ1n) is 6.82. The molecule has 0 fully saturated rings. The van der Waals surface area contributed by atoms with Crippen LogP contribution in [-0.2, 0) is 6.61 Å². The first-order valence-corrected chi connectivity index (χ1v) is 7.20. The molecule has 1 aromatic carbocycles. The first-order chi connectivity index (χ1) is 10.0. The topological polar surface area (TPSA) is 76.9 Å². The van der Waals surface area contributed by atoms with Crippen LogP contribution in [0.15, 0.2) is 30.5 Å². The van der Waals surface area contributed by atoms with E-state index in [4.69, 9.17) is 27.5 Å². The highest BCUT2D eigenvalue weighted by Crippen LogP contribution is 2.26. The fourth-order valence-corrected chi connectivity index (χ4v) is 2.19. The molecule has 1 atom stereocenters. The number of rotatable bonds is 6. The third-order valence-corrected chi connectivity index (χ3v) is 3.64. The Kier molecular flexibility index (Phi) is 4.85. The fraction of sp³-hybridized carbons (Fsp3) is 0.333. The van der Waals surface area contributed by atoms with Gasteiger partial charge in [0.2, 0.25) is 0 Å². The molecule has 0 amide bonds. The molecule has 1 unspecified atom stereocenters. The molecule has 0 radical (unpaired) electrons. The number of ether oxygens (including phenoxy) is 1. The van der Waals surface area contributed by atoms with E-state index in [1.54, 1.807) is 18.2 Å². The molecule has 3 N–H and O–H groups in total. The number of hydrogen-bond donors (Lipinski definition) is 2. The van der Waals surface area contributed by atoms with Gasteiger partial charge in [-0.1, -0.05) is 24.6 Å². The SMILES string of the molecule is CCC(C)n1ccc(COc2cccc(Cl)c2C(=N)N)n1. The summed E-state index contributed by atoms with van der Waals surface area (Å²) in [7, 11) is 0. The number of benzene rings is 1. The van der Waals surface area contributed by atoms with Gasteiger partial charge < -0.3 is 10.5 Å². The lowest BCUT2D eigenvalue weighted by Crippen LogP contribution is -2.14. The van der Waals surface area contributed by atoms with Crippen molar-refractivity contribution in [2.45, 2.75) is 32.9 Å². The van der Waals surface area contributed by atoms with E-state index < -0.39 is 0 Å². The number of aromatic nitrogens is 2. The Morgan fingerprint density at radius 3 is 2.90 bits per heavy atom. The van der Waals surface area contributed by atoms with E-state index in [-0.39, 0.29) is 5.84 Å². The predicted molar refractivity (Wildman–Crippen MR) is 84.0 cm³/mol. The van der Waals surface area contributed by atoms with Gasteiger partial charge in [-0.25, -0.2) is 0 Å². The monoisotopic (exact) mass is 306 g/mol. The third kappa shape index (κ3) is 3.55. The van der Waals surface area contributed by atoms with E-state index in [2.05, 4.69) is 18.9 Å². The summed E-state index contributed by atoms with van der Waals surface area (Å²) in [4.78, 5) is 0. The first kappa shape index (κ1) is 15.4. The maximum atomic E-state index is 7.58. The summed E-state index contributed by atoms with van der Waals surface area (Å²) in [6.07, 6.45) is 2.96. The van der Waals surface area contributed by atoms with Gasteiger partial charge in [-0.15, -0.1) is 0 Å². The molecule has 0 bridgehead atoms. The summed E-state index contributed by atoms with van der Waals surface area (Å²) >= 11 is 6.05. The quantitative estimate of drug-likeness (QED) is 0.634. The molecule has 1 heterocycles. The lowest BCUT2D eigenvalue weighted by molar-refractivity contribution is 0.297. The molecule has 0 saturated heterocycles. The van der Waals surface area contributed by atoms with Crippen LogP contribution in [0.4, 0.5) is 0 Å². The van der Waals surface area contributed by atoms with Gasteiger partial charge in [0.15, 0.2) is 0 Å². The van der Waals surface area contributed by atoms with E-state index >= 15 is 0 Å². The summed E-state index contributed by atoms with van der Waals surface area (Å²) in [6.45, 7) is 4.54. The van der Waals surface area contributed by atoms with Crippen LogP contribution in [0.25, 0.3) is 0 Å². The van der Waals surface area contributed by atoms with Crippen LogP contribution in [0.1, 0.15) is 37.6 Å². The van der Waals surface area contributed by atoms with E-state index in [9.17, 15) is 0 Å². The van der Waals surface area contributed by atoms with Crippen LogP contribution in [0.3, 0.4) is 0 Å². The minimum Gasteiger partial charge on any atom is -0.486 e. The van der Waals surface area contributed by atoms with Crippen molar-refractivity contribution in [2.75, 3.05) is 0 Å². The van der Waals surface area contributed by atoms with Gasteiger partial charge in [0, 0.05) is 12.2 Å². The smallest absolute Gasteiger partial charge is 0.132 e. The van der Waals surface area contributed by atoms with Crippen molar-refractivity contribution in [3.63, 3.8) is 0 Å². The minimum absolute atomic E-state index is 0.110. The minimum atomic E-state index is -0.110. The Morgan fingerprint density at radius 2 is 2.24 bits per heavy atom. The van der Waals surface area contributed by atoms with Crippen molar-refractivity contribution < 1.29 is 4.74 Å². The Morgan fingerprint density at radius 1 is 1.48 bits per heavy atom. The molecule has 0 saturated carbocycles. The van der Waals surface area contributed by atoms with Gasteiger partial charge >= 0.3 is 0 Å². The van der Waals surface area contributed by atoms with Crippen LogP contribution in [0.5, 0.6) is 5.75 Å². The zero-order valence-electron chi connectivity index (χ0n) is 12.1. The Hall–Kier alpha value is -2.01. The number of nitrogens with two attached hydrogens (primary N) is 1. The average Bonchev–Trinajstić information content (AvgIpc) is 2.92. The Bertz CT molecular complexity index is 638. The van der Waals surface area contributed by atoms with Gasteiger partial charge in [-0.05, 0) is 31.5 Å². The lowest BCUT2D eigenvalue weighted by atomic mass is 10.2. The number of nitrogens with one attached hydrogen (secondary N) is 1. The zero-order valence-corrected chi connectivity index (χ0v) is 12.9. The summed E-state index contributed by atoms with van der Waals surface area (Å²) in [6, 6.07) is 7.47. The molecule has 6 heteroatoms. The molecule has 1 aromatic heterocycles. The molecule has 0 spiro atoms. The largest absolute Gasteiger partial charge is 0.486 e. The third-order valence-electron chi connectivity index (χ3n) is 3.33. The van der Waals surface area contributed by atoms with Crippen LogP contribution < -0.4 is 10.5 Å². The van der Waals surface area contributed by atoms with Crippen LogP contribution >= 0.6 is 11.6 Å². The molecule has 2 rings (SSSR count). The van der Waals surface area contributed by atoms with Crippen molar-refractivity contribution in [2.24, 2.45) is 5.73 Å². The predicted octanol–water partition coefficient (Wildman–Crippen LogP) is 3.37. The van der Waals surface area contributed by atoms with Crippen LogP contribution in [0, 0.1) is 5.41 Å². The highest BCUT2D eigenvalue weighted by molar-refractivity contribution is 6.34. The second kappa shape index (κ2) is 6.63. The molecule has 0 aliphatic carbocycles. The molecule has 21 heavy (non-hydrogen) atoms. The average molecular weight is 307 g/mol. The summed E-state index contributed by atoms with van der Waals surface area (Å²) in [5.74, 6) is 0.383. The van der Waals surface area contributed by atoms with Gasteiger partial charge in [-0.2, -0.15) is 5.10 Å². The van der Waals surface area contributed by atoms with Gasteiger partial charge in [0.1, 0.15) is 18.2 Å². The maximum Gasteiger partial charge on any atom is 0.132 e. The Labute approximate surface area is 129 Å². The molecule has 0 aliphatic heterocycles. The Balaban J connectivity index is 2.12. The van der Waals surface area contributed by atoms with Crippen molar-refractivity contribution in [1.29, 1.82) is 5.41 Å². The summed E-state index contributed by atoms with van der Waals surface area (Å²) < 4.78 is 7.63. The molecular formula is C15H19ClN4O. The molecule has 0 aliphatic rings. The number of amidine groups is 1. The highest BCUT2D eigenvalue weighted by Gasteiger charge is 2.12. The van der Waals surface area contributed by atoms with Gasteiger partial charge in [-0.3, -0.25) is 10.1 Å². The van der Waals surface area contributed by atoms with Gasteiger partial charge in [0.05, 0.1) is 16.3 Å². The number of nitrogens with zero attached hydrogens (tertiary/aromatic N) is 2. The van der Waals surface area contributed by atoms with Crippen molar-refractivity contribution in [3.05, 3.63) is 46.7 Å². The highest BCUT2D eigenvalue weighted by atomic mass is 35.5. The van der Waals surface area contributed by atoms with Crippen molar-refractivity contribution >= 4 is 17.4 Å². The summed E-state index contributed by atoms with van der Waals surface area (Å²) in [5, 5.41) is 12.5. The van der Waals surface area contributed by atoms with E-state index in [0.717, 1.165) is 12.1 Å². The van der Waals surface area contributed by atoms with Crippen molar-refractivity contribution in [3.8, 4) is 5.75 Å². The van der Waals surface area contributed by atoms with Crippen molar-refractivity contribution in [1.82, 2.24) is 9.78 Å². The standard InChI is InChI=1S/C15H19ClN4O/c1-3-10(2)20-8-7-11(19-20)9-21-13-6-4-5-12(16)14(13)15(17)18/h4-8,10H,3,9H2,1-2H3,(H3,17,18). The van der Waals surface area contributed by atoms with E-state index in [1.807, 2.05) is 16.9 Å². The van der Waals surface area contributed by atoms with E-state index in [0.29, 0.717) is 29.0 Å². The second-order valence-corrected chi connectivity index (χ2v) is 5.27.